The van der Waals surface area contributed by atoms with E-state index >= 15 is 0 Å². The first kappa shape index (κ1) is 11.7. The molecule has 0 fully saturated rings. The van der Waals surface area contributed by atoms with E-state index < -0.39 is 5.56 Å². The molecule has 0 aliphatic rings. The first-order valence-corrected chi connectivity index (χ1v) is 4.93. The minimum absolute atomic E-state index is 0.142. The lowest BCUT2D eigenvalue weighted by atomic mass is 10.2. The topological polar surface area (TPSA) is 109 Å². The molecule has 0 radical (unpaired) electrons. The predicted octanol–water partition coefficient (Wildman–Crippen LogP) is 1.31. The highest BCUT2D eigenvalue weighted by molar-refractivity contribution is 5.67. The molecule has 1 aromatic heterocycles. The minimum Gasteiger partial charge on any atom is -0.495 e. The van der Waals surface area contributed by atoms with Crippen LogP contribution >= 0.6 is 0 Å². The van der Waals surface area contributed by atoms with Crippen molar-refractivity contribution in [2.45, 2.75) is 0 Å². The SMILES string of the molecule is COc1ccc(N=O)cc1Nc1nncc(=O)[nH]1. The van der Waals surface area contributed by atoms with Gasteiger partial charge < -0.3 is 10.1 Å². The zero-order valence-electron chi connectivity index (χ0n) is 9.38. The Hall–Kier alpha value is -2.77. The molecule has 0 aliphatic carbocycles. The van der Waals surface area contributed by atoms with Crippen molar-refractivity contribution in [2.75, 3.05) is 12.4 Å². The maximum absolute atomic E-state index is 11.1. The summed E-state index contributed by atoms with van der Waals surface area (Å²) >= 11 is 0. The van der Waals surface area contributed by atoms with Gasteiger partial charge in [-0.2, -0.15) is 0 Å². The number of hydrogen-bond donors (Lipinski definition) is 2. The average Bonchev–Trinajstić information content (AvgIpc) is 2.38. The van der Waals surface area contributed by atoms with Crippen molar-refractivity contribution >= 4 is 17.3 Å². The van der Waals surface area contributed by atoms with Crippen LogP contribution in [0, 0.1) is 4.91 Å². The Labute approximate surface area is 101 Å². The van der Waals surface area contributed by atoms with Crippen LogP contribution in [0.2, 0.25) is 0 Å². The molecule has 0 aliphatic heterocycles. The van der Waals surface area contributed by atoms with Crippen LogP contribution in [0.5, 0.6) is 5.75 Å². The van der Waals surface area contributed by atoms with Crippen LogP contribution in [-0.4, -0.2) is 22.3 Å². The predicted molar refractivity (Wildman–Crippen MR) is 64.4 cm³/mol. The quantitative estimate of drug-likeness (QED) is 0.788. The van der Waals surface area contributed by atoms with E-state index in [0.717, 1.165) is 6.20 Å². The first-order chi connectivity index (χ1) is 8.72. The smallest absolute Gasteiger partial charge is 0.271 e. The van der Waals surface area contributed by atoms with Gasteiger partial charge in [-0.25, -0.2) is 0 Å². The highest BCUT2D eigenvalue weighted by Gasteiger charge is 2.06. The van der Waals surface area contributed by atoms with Crippen molar-refractivity contribution in [3.8, 4) is 5.75 Å². The second-order valence-electron chi connectivity index (χ2n) is 3.28. The molecule has 0 atom stereocenters. The summed E-state index contributed by atoms with van der Waals surface area (Å²) in [5.41, 5.74) is 0.284. The number of aromatic amines is 1. The van der Waals surface area contributed by atoms with Gasteiger partial charge >= 0.3 is 0 Å². The van der Waals surface area contributed by atoms with E-state index in [1.807, 2.05) is 0 Å². The molecule has 0 bridgehead atoms. The van der Waals surface area contributed by atoms with Gasteiger partial charge in [-0.1, -0.05) is 0 Å². The number of rotatable bonds is 4. The van der Waals surface area contributed by atoms with E-state index in [9.17, 15) is 9.70 Å². The molecule has 8 heteroatoms. The van der Waals surface area contributed by atoms with Crippen LogP contribution in [0.15, 0.2) is 34.4 Å². The number of H-pyrrole nitrogens is 1. The lowest BCUT2D eigenvalue weighted by molar-refractivity contribution is 0.417. The van der Waals surface area contributed by atoms with Crippen LogP contribution in [0.1, 0.15) is 0 Å². The van der Waals surface area contributed by atoms with Gasteiger partial charge in [-0.15, -0.1) is 15.1 Å². The lowest BCUT2D eigenvalue weighted by Crippen LogP contribution is -2.10. The third kappa shape index (κ3) is 2.48. The second kappa shape index (κ2) is 5.04. The van der Waals surface area contributed by atoms with Crippen molar-refractivity contribution in [1.82, 2.24) is 15.2 Å². The van der Waals surface area contributed by atoms with Crippen molar-refractivity contribution < 1.29 is 4.74 Å². The van der Waals surface area contributed by atoms with Crippen molar-refractivity contribution in [3.63, 3.8) is 0 Å². The standard InChI is InChI=1S/C10H9N5O3/c1-18-8-3-2-6(15-17)4-7(8)12-10-13-9(16)5-11-14-10/h2-5H,1H3,(H2,12,13,14,16). The second-order valence-corrected chi connectivity index (χ2v) is 3.28. The third-order valence-corrected chi connectivity index (χ3v) is 2.12. The van der Waals surface area contributed by atoms with Gasteiger partial charge in [0.05, 0.1) is 12.8 Å². The summed E-state index contributed by atoms with van der Waals surface area (Å²) in [7, 11) is 1.48. The number of aromatic nitrogens is 3. The van der Waals surface area contributed by atoms with Gasteiger partial charge in [0.1, 0.15) is 17.6 Å². The summed E-state index contributed by atoms with van der Waals surface area (Å²) in [6.07, 6.45) is 1.05. The minimum atomic E-state index is -0.392. The van der Waals surface area contributed by atoms with Crippen LogP contribution in [0.3, 0.4) is 0 Å². The fraction of sp³-hybridized carbons (Fsp3) is 0.100. The molecule has 0 amide bonds. The molecule has 1 aromatic carbocycles. The summed E-state index contributed by atoms with van der Waals surface area (Å²) in [5, 5.41) is 12.8. The fourth-order valence-electron chi connectivity index (χ4n) is 1.35. The molecule has 8 nitrogen and oxygen atoms in total. The number of nitrogens with one attached hydrogen (secondary N) is 2. The van der Waals surface area contributed by atoms with Crippen LogP contribution in [0.25, 0.3) is 0 Å². The molecule has 18 heavy (non-hydrogen) atoms. The number of methoxy groups -OCH3 is 1. The maximum Gasteiger partial charge on any atom is 0.271 e. The maximum atomic E-state index is 11.1. The first-order valence-electron chi connectivity index (χ1n) is 4.93. The van der Waals surface area contributed by atoms with E-state index in [4.69, 9.17) is 4.74 Å². The average molecular weight is 247 g/mol. The van der Waals surface area contributed by atoms with Crippen LogP contribution in [0.4, 0.5) is 17.3 Å². The van der Waals surface area contributed by atoms with E-state index in [0.29, 0.717) is 11.4 Å². The van der Waals surface area contributed by atoms with E-state index in [1.165, 1.54) is 19.2 Å². The van der Waals surface area contributed by atoms with Crippen molar-refractivity contribution in [1.29, 1.82) is 0 Å². The van der Waals surface area contributed by atoms with E-state index in [2.05, 4.69) is 25.7 Å². The number of nitroso groups, excluding NO2 is 1. The highest BCUT2D eigenvalue weighted by atomic mass is 16.5. The Morgan fingerprint density at radius 1 is 1.44 bits per heavy atom. The molecule has 0 saturated heterocycles. The number of anilines is 2. The van der Waals surface area contributed by atoms with Gasteiger partial charge in [0.25, 0.3) is 5.56 Å². The molecule has 2 N–H and O–H groups in total. The largest absolute Gasteiger partial charge is 0.495 e. The molecule has 2 aromatic rings. The lowest BCUT2D eigenvalue weighted by Gasteiger charge is -2.09. The third-order valence-electron chi connectivity index (χ3n) is 2.12. The normalized spacial score (nSPS) is 9.83. The van der Waals surface area contributed by atoms with Gasteiger partial charge in [0.15, 0.2) is 0 Å². The zero-order chi connectivity index (χ0) is 13.0. The summed E-state index contributed by atoms with van der Waals surface area (Å²) in [4.78, 5) is 24.0. The number of benzene rings is 1. The van der Waals surface area contributed by atoms with Gasteiger partial charge in [0.2, 0.25) is 5.95 Å². The highest BCUT2D eigenvalue weighted by Crippen LogP contribution is 2.30. The van der Waals surface area contributed by atoms with E-state index in [1.54, 1.807) is 6.07 Å². The van der Waals surface area contributed by atoms with E-state index in [-0.39, 0.29) is 11.6 Å². The number of ether oxygens (including phenoxy) is 1. The molecule has 92 valence electrons. The molecule has 0 unspecified atom stereocenters. The summed E-state index contributed by atoms with van der Waals surface area (Å²) in [6.45, 7) is 0. The van der Waals surface area contributed by atoms with Gasteiger partial charge in [-0.3, -0.25) is 9.78 Å². The fourth-order valence-corrected chi connectivity index (χ4v) is 1.35. The summed E-state index contributed by atoms with van der Waals surface area (Å²) in [5.74, 6) is 0.623. The Bertz CT molecular complexity index is 625. The Morgan fingerprint density at radius 2 is 2.28 bits per heavy atom. The monoisotopic (exact) mass is 247 g/mol. The van der Waals surface area contributed by atoms with Crippen LogP contribution < -0.4 is 15.6 Å². The van der Waals surface area contributed by atoms with Crippen molar-refractivity contribution in [2.24, 2.45) is 5.18 Å². The zero-order valence-corrected chi connectivity index (χ0v) is 9.38. The Morgan fingerprint density at radius 3 is 2.94 bits per heavy atom. The molecule has 2 rings (SSSR count). The Kier molecular flexibility index (Phi) is 3.28. The van der Waals surface area contributed by atoms with Crippen molar-refractivity contribution in [3.05, 3.63) is 39.7 Å². The molecule has 0 saturated carbocycles. The number of hydrogen-bond acceptors (Lipinski definition) is 7. The number of nitrogens with zero attached hydrogens (tertiary/aromatic N) is 3. The Balaban J connectivity index is 2.37. The van der Waals surface area contributed by atoms with Crippen LogP contribution in [-0.2, 0) is 0 Å². The summed E-state index contributed by atoms with van der Waals surface area (Å²) in [6, 6.07) is 4.56. The molecular formula is C10H9N5O3. The summed E-state index contributed by atoms with van der Waals surface area (Å²) < 4.78 is 5.10. The van der Waals surface area contributed by atoms with Gasteiger partial charge in [-0.05, 0) is 23.4 Å². The molecular weight excluding hydrogens is 238 g/mol. The van der Waals surface area contributed by atoms with Gasteiger partial charge in [0, 0.05) is 0 Å². The molecule has 1 heterocycles. The molecule has 0 spiro atoms.